The van der Waals surface area contributed by atoms with Gasteiger partial charge < -0.3 is 9.22 Å². The highest BCUT2D eigenvalue weighted by Gasteiger charge is 2.71. The second kappa shape index (κ2) is 3.95. The molecule has 100 valence electrons. The van der Waals surface area contributed by atoms with Gasteiger partial charge in [0, 0.05) is 0 Å². The first kappa shape index (κ1) is 14.4. The number of carbonyl (C=O) groups excluding carboxylic acids is 1. The average molecular weight is 264 g/mol. The SMILES string of the molecule is CCOC(=O)[C@@H]1[C@H]([N+](C)(C)C)C(C)(C)S1(=O)=O. The van der Waals surface area contributed by atoms with E-state index in [0.29, 0.717) is 4.48 Å². The second-order valence-corrected chi connectivity index (χ2v) is 8.53. The smallest absolute Gasteiger partial charge is 0.330 e. The minimum atomic E-state index is -3.44. The number of carbonyl (C=O) groups is 1. The minimum Gasteiger partial charge on any atom is -0.465 e. The summed E-state index contributed by atoms with van der Waals surface area (Å²) in [5.74, 6) is -0.620. The third-order valence-electron chi connectivity index (χ3n) is 3.42. The Kier molecular flexibility index (Phi) is 3.35. The molecule has 1 fully saturated rings. The molecule has 5 nitrogen and oxygen atoms in total. The lowest BCUT2D eigenvalue weighted by atomic mass is 9.94. The van der Waals surface area contributed by atoms with E-state index in [4.69, 9.17) is 4.74 Å². The fourth-order valence-electron chi connectivity index (χ4n) is 2.78. The van der Waals surface area contributed by atoms with Crippen molar-refractivity contribution in [2.24, 2.45) is 0 Å². The van der Waals surface area contributed by atoms with Crippen LogP contribution in [-0.4, -0.2) is 62.7 Å². The molecule has 1 rings (SSSR count). The van der Waals surface area contributed by atoms with Crippen LogP contribution in [-0.2, 0) is 19.4 Å². The molecule has 0 aliphatic carbocycles. The lowest BCUT2D eigenvalue weighted by Gasteiger charge is -2.53. The summed E-state index contributed by atoms with van der Waals surface area (Å²) >= 11 is 0. The van der Waals surface area contributed by atoms with Crippen LogP contribution < -0.4 is 0 Å². The molecule has 0 unspecified atom stereocenters. The summed E-state index contributed by atoms with van der Waals surface area (Å²) in [6.07, 6.45) is 0. The third-order valence-corrected chi connectivity index (χ3v) is 6.25. The zero-order chi connectivity index (χ0) is 13.6. The molecular weight excluding hydrogens is 242 g/mol. The van der Waals surface area contributed by atoms with Crippen molar-refractivity contribution in [1.82, 2.24) is 0 Å². The van der Waals surface area contributed by atoms with Gasteiger partial charge in [0.25, 0.3) is 0 Å². The topological polar surface area (TPSA) is 60.4 Å². The first-order chi connectivity index (χ1) is 7.48. The molecule has 0 aromatic carbocycles. The second-order valence-electron chi connectivity index (χ2n) is 5.88. The summed E-state index contributed by atoms with van der Waals surface area (Å²) in [5.41, 5.74) is 0. The monoisotopic (exact) mass is 264 g/mol. The van der Waals surface area contributed by atoms with Gasteiger partial charge in [-0.25, -0.2) is 8.42 Å². The quantitative estimate of drug-likeness (QED) is 0.540. The van der Waals surface area contributed by atoms with Crippen LogP contribution in [0.15, 0.2) is 0 Å². The van der Waals surface area contributed by atoms with Crippen molar-refractivity contribution in [1.29, 1.82) is 0 Å². The number of rotatable bonds is 3. The number of esters is 1. The molecule has 2 atom stereocenters. The van der Waals surface area contributed by atoms with Gasteiger partial charge in [0.15, 0.2) is 9.84 Å². The van der Waals surface area contributed by atoms with Crippen LogP contribution in [0.2, 0.25) is 0 Å². The fourth-order valence-corrected chi connectivity index (χ4v) is 5.36. The van der Waals surface area contributed by atoms with Crippen molar-refractivity contribution in [2.75, 3.05) is 27.7 Å². The number of hydrogen-bond donors (Lipinski definition) is 0. The van der Waals surface area contributed by atoms with Gasteiger partial charge in [-0.15, -0.1) is 0 Å². The molecule has 1 heterocycles. The number of sulfone groups is 1. The van der Waals surface area contributed by atoms with E-state index in [-0.39, 0.29) is 12.6 Å². The van der Waals surface area contributed by atoms with Crippen molar-refractivity contribution in [3.8, 4) is 0 Å². The zero-order valence-corrected chi connectivity index (χ0v) is 12.2. The van der Waals surface area contributed by atoms with Gasteiger partial charge in [0.05, 0.1) is 27.7 Å². The largest absolute Gasteiger partial charge is 0.465 e. The Labute approximate surface area is 103 Å². The molecule has 0 radical (unpaired) electrons. The molecule has 6 heteroatoms. The lowest BCUT2D eigenvalue weighted by molar-refractivity contribution is -0.899. The Morgan fingerprint density at radius 1 is 1.29 bits per heavy atom. The van der Waals surface area contributed by atoms with Gasteiger partial charge in [-0.05, 0) is 20.8 Å². The fraction of sp³-hybridized carbons (Fsp3) is 0.909. The van der Waals surface area contributed by atoms with Gasteiger partial charge in [0.1, 0.15) is 10.8 Å². The maximum atomic E-state index is 12.1. The van der Waals surface area contributed by atoms with Gasteiger partial charge in [-0.2, -0.15) is 0 Å². The molecule has 0 amide bonds. The van der Waals surface area contributed by atoms with E-state index in [9.17, 15) is 13.2 Å². The Balaban J connectivity index is 3.16. The first-order valence-electron chi connectivity index (χ1n) is 5.69. The maximum absolute atomic E-state index is 12.1. The Hall–Kier alpha value is -0.620. The molecule has 1 saturated heterocycles. The van der Waals surface area contributed by atoms with E-state index in [2.05, 4.69) is 0 Å². The molecule has 0 bridgehead atoms. The predicted octanol–water partition coefficient (Wildman–Crippen LogP) is 0.200. The highest BCUT2D eigenvalue weighted by Crippen LogP contribution is 2.45. The number of quaternary nitrogens is 1. The molecule has 1 aliphatic heterocycles. The van der Waals surface area contributed by atoms with Crippen molar-refractivity contribution in [3.63, 3.8) is 0 Å². The molecular formula is C11H22NO4S+. The van der Waals surface area contributed by atoms with E-state index in [0.717, 1.165) is 0 Å². The molecule has 1 aliphatic rings. The van der Waals surface area contributed by atoms with Crippen molar-refractivity contribution >= 4 is 15.8 Å². The number of hydrogen-bond acceptors (Lipinski definition) is 4. The predicted molar refractivity (Wildman–Crippen MR) is 65.2 cm³/mol. The van der Waals surface area contributed by atoms with E-state index in [1.165, 1.54) is 0 Å². The summed E-state index contributed by atoms with van der Waals surface area (Å²) in [6, 6.07) is -0.272. The van der Waals surface area contributed by atoms with Crippen molar-refractivity contribution in [3.05, 3.63) is 0 Å². The van der Waals surface area contributed by atoms with Crippen molar-refractivity contribution < 1.29 is 22.4 Å². The highest BCUT2D eigenvalue weighted by atomic mass is 32.2. The lowest BCUT2D eigenvalue weighted by Crippen LogP contribution is -2.78. The first-order valence-corrected chi connectivity index (χ1v) is 7.23. The number of nitrogens with zero attached hydrogens (tertiary/aromatic N) is 1. The van der Waals surface area contributed by atoms with E-state index in [1.54, 1.807) is 20.8 Å². The molecule has 0 saturated carbocycles. The highest BCUT2D eigenvalue weighted by molar-refractivity contribution is 7.95. The Bertz CT molecular complexity index is 419. The molecule has 0 aromatic heterocycles. The van der Waals surface area contributed by atoms with Crippen LogP contribution in [0.1, 0.15) is 20.8 Å². The molecule has 0 N–H and O–H groups in total. The molecule has 0 aromatic rings. The molecule has 0 spiro atoms. The summed E-state index contributed by atoms with van der Waals surface area (Å²) in [6.45, 7) is 5.23. The standard InChI is InChI=1S/C11H22NO4S/c1-7-16-10(13)8-9(12(4,5)6)11(2,3)17(8,14)15/h8-9H,7H2,1-6H3/q+1/t8-,9-/m0/s1. The Morgan fingerprint density at radius 3 is 2.12 bits per heavy atom. The Morgan fingerprint density at radius 2 is 1.76 bits per heavy atom. The van der Waals surface area contributed by atoms with Crippen LogP contribution in [0, 0.1) is 0 Å². The van der Waals surface area contributed by atoms with Crippen LogP contribution in [0.5, 0.6) is 0 Å². The maximum Gasteiger partial charge on any atom is 0.330 e. The van der Waals surface area contributed by atoms with Gasteiger partial charge in [0.2, 0.25) is 5.25 Å². The van der Waals surface area contributed by atoms with E-state index in [1.807, 2.05) is 21.1 Å². The summed E-state index contributed by atoms with van der Waals surface area (Å²) in [4.78, 5) is 11.8. The van der Waals surface area contributed by atoms with Gasteiger partial charge in [-0.3, -0.25) is 4.79 Å². The zero-order valence-electron chi connectivity index (χ0n) is 11.4. The minimum absolute atomic E-state index is 0.204. The normalized spacial score (nSPS) is 30.5. The summed E-state index contributed by atoms with van der Waals surface area (Å²) in [7, 11) is 2.24. The third kappa shape index (κ3) is 1.97. The molecule has 17 heavy (non-hydrogen) atoms. The summed E-state index contributed by atoms with van der Waals surface area (Å²) < 4.78 is 28.7. The van der Waals surface area contributed by atoms with Gasteiger partial charge >= 0.3 is 5.97 Å². The summed E-state index contributed by atoms with van der Waals surface area (Å²) in [5, 5.41) is -1.03. The van der Waals surface area contributed by atoms with Crippen LogP contribution >= 0.6 is 0 Å². The van der Waals surface area contributed by atoms with E-state index < -0.39 is 25.8 Å². The van der Waals surface area contributed by atoms with Crippen molar-refractivity contribution in [2.45, 2.75) is 36.8 Å². The van der Waals surface area contributed by atoms with Crippen LogP contribution in [0.3, 0.4) is 0 Å². The van der Waals surface area contributed by atoms with Crippen LogP contribution in [0.25, 0.3) is 0 Å². The number of ether oxygens (including phenoxy) is 1. The average Bonchev–Trinajstić information content (AvgIpc) is 2.11. The van der Waals surface area contributed by atoms with E-state index >= 15 is 0 Å². The van der Waals surface area contributed by atoms with Gasteiger partial charge in [-0.1, -0.05) is 0 Å². The van der Waals surface area contributed by atoms with Crippen LogP contribution in [0.4, 0.5) is 0 Å².